The normalized spacial score (nSPS) is 12.6. The monoisotopic (exact) mass is 237 g/mol. The lowest BCUT2D eigenvalue weighted by Gasteiger charge is -2.08. The molecule has 0 aliphatic heterocycles. The van der Waals surface area contributed by atoms with E-state index < -0.39 is 17.8 Å². The van der Waals surface area contributed by atoms with Gasteiger partial charge in [-0.05, 0) is 12.1 Å². The van der Waals surface area contributed by atoms with Gasteiger partial charge in [-0.25, -0.2) is 4.79 Å². The number of rotatable bonds is 3. The predicted molar refractivity (Wildman–Crippen MR) is 60.5 cm³/mol. The van der Waals surface area contributed by atoms with Crippen LogP contribution in [-0.2, 0) is 4.79 Å². The molecule has 90 valence electrons. The van der Waals surface area contributed by atoms with Gasteiger partial charge in [0.15, 0.2) is 5.58 Å². The molecule has 0 spiro atoms. The van der Waals surface area contributed by atoms with Gasteiger partial charge in [-0.15, -0.1) is 0 Å². The van der Waals surface area contributed by atoms with Crippen LogP contribution in [-0.4, -0.2) is 28.6 Å². The number of amides is 1. The minimum absolute atomic E-state index is 0.159. The molecule has 0 saturated carbocycles. The third kappa shape index (κ3) is 2.35. The molecule has 0 fully saturated rings. The van der Waals surface area contributed by atoms with Crippen molar-refractivity contribution in [2.45, 2.75) is 6.10 Å². The fraction of sp³-hybridized carbons (Fsp3) is 0.200. The summed E-state index contributed by atoms with van der Waals surface area (Å²) in [4.78, 5) is 24.7. The van der Waals surface area contributed by atoms with Crippen LogP contribution in [0.1, 0.15) is 0 Å². The molecular formula is C10H11N3O4. The number of nitrogens with one attached hydrogen (secondary N) is 2. The second-order valence-corrected chi connectivity index (χ2v) is 3.47. The average molecular weight is 237 g/mol. The van der Waals surface area contributed by atoms with Gasteiger partial charge in [0, 0.05) is 18.3 Å². The molecular weight excluding hydrogens is 226 g/mol. The van der Waals surface area contributed by atoms with E-state index >= 15 is 0 Å². The van der Waals surface area contributed by atoms with Crippen molar-refractivity contribution in [2.75, 3.05) is 11.9 Å². The van der Waals surface area contributed by atoms with E-state index in [0.717, 1.165) is 0 Å². The van der Waals surface area contributed by atoms with Gasteiger partial charge < -0.3 is 20.6 Å². The molecule has 0 saturated heterocycles. The van der Waals surface area contributed by atoms with Crippen molar-refractivity contribution >= 4 is 22.7 Å². The van der Waals surface area contributed by atoms with E-state index in [-0.39, 0.29) is 6.54 Å². The number of oxazole rings is 1. The number of aromatic amines is 1. The molecule has 7 nitrogen and oxygen atoms in total. The standard InChI is InChI=1S/C10H11N3O4/c11-4-7(14)9(15)12-5-1-2-6-8(3-5)17-10(16)13-6/h1-3,7,14H,4,11H2,(H,12,15)(H,13,16). The van der Waals surface area contributed by atoms with Crippen LogP contribution in [0.2, 0.25) is 0 Å². The summed E-state index contributed by atoms with van der Waals surface area (Å²) in [5, 5.41) is 11.6. The van der Waals surface area contributed by atoms with E-state index in [4.69, 9.17) is 10.2 Å². The highest BCUT2D eigenvalue weighted by atomic mass is 16.4. The highest BCUT2D eigenvalue weighted by Crippen LogP contribution is 2.16. The Balaban J connectivity index is 2.24. The predicted octanol–water partition coefficient (Wildman–Crippen LogP) is -0.621. The number of anilines is 1. The molecule has 2 aromatic rings. The van der Waals surface area contributed by atoms with Crippen molar-refractivity contribution in [3.8, 4) is 0 Å². The first-order chi connectivity index (χ1) is 8.10. The Labute approximate surface area is 95.2 Å². The number of benzene rings is 1. The van der Waals surface area contributed by atoms with Crippen LogP contribution in [0.25, 0.3) is 11.1 Å². The lowest BCUT2D eigenvalue weighted by atomic mass is 10.2. The lowest BCUT2D eigenvalue weighted by Crippen LogP contribution is -2.34. The molecule has 0 aliphatic carbocycles. The number of nitrogens with two attached hydrogens (primary N) is 1. The van der Waals surface area contributed by atoms with Crippen LogP contribution in [0.15, 0.2) is 27.4 Å². The van der Waals surface area contributed by atoms with Crippen molar-refractivity contribution in [3.63, 3.8) is 0 Å². The number of hydrogen-bond acceptors (Lipinski definition) is 5. The molecule has 0 radical (unpaired) electrons. The number of fused-ring (bicyclic) bond motifs is 1. The van der Waals surface area contributed by atoms with Crippen LogP contribution in [0.5, 0.6) is 0 Å². The maximum Gasteiger partial charge on any atom is 0.417 e. The molecule has 5 N–H and O–H groups in total. The van der Waals surface area contributed by atoms with Crippen LogP contribution in [0.4, 0.5) is 5.69 Å². The Morgan fingerprint density at radius 2 is 2.35 bits per heavy atom. The molecule has 1 heterocycles. The SMILES string of the molecule is NCC(O)C(=O)Nc1ccc2[nH]c(=O)oc2c1. The molecule has 1 atom stereocenters. The quantitative estimate of drug-likeness (QED) is 0.566. The summed E-state index contributed by atoms with van der Waals surface area (Å²) in [6.07, 6.45) is -1.26. The summed E-state index contributed by atoms with van der Waals surface area (Å²) < 4.78 is 4.83. The van der Waals surface area contributed by atoms with E-state index in [1.807, 2.05) is 0 Å². The fourth-order valence-corrected chi connectivity index (χ4v) is 1.36. The van der Waals surface area contributed by atoms with E-state index in [2.05, 4.69) is 10.3 Å². The van der Waals surface area contributed by atoms with Gasteiger partial charge >= 0.3 is 5.76 Å². The number of H-pyrrole nitrogens is 1. The number of carbonyl (C=O) groups is 1. The Morgan fingerprint density at radius 1 is 1.59 bits per heavy atom. The Bertz CT molecular complexity index is 601. The summed E-state index contributed by atoms with van der Waals surface area (Å²) in [5.41, 5.74) is 6.42. The maximum absolute atomic E-state index is 11.3. The first kappa shape index (κ1) is 11.4. The third-order valence-corrected chi connectivity index (χ3v) is 2.21. The average Bonchev–Trinajstić information content (AvgIpc) is 2.67. The first-order valence-corrected chi connectivity index (χ1v) is 4.92. The van der Waals surface area contributed by atoms with Crippen molar-refractivity contribution in [1.29, 1.82) is 0 Å². The van der Waals surface area contributed by atoms with Gasteiger partial charge in [-0.1, -0.05) is 0 Å². The minimum Gasteiger partial charge on any atom is -0.408 e. The van der Waals surface area contributed by atoms with E-state index in [9.17, 15) is 14.7 Å². The van der Waals surface area contributed by atoms with Gasteiger partial charge in [0.1, 0.15) is 6.10 Å². The molecule has 1 aromatic carbocycles. The maximum atomic E-state index is 11.3. The number of aromatic nitrogens is 1. The fourth-order valence-electron chi connectivity index (χ4n) is 1.36. The zero-order chi connectivity index (χ0) is 12.4. The number of aliphatic hydroxyl groups excluding tert-OH is 1. The summed E-state index contributed by atoms with van der Waals surface area (Å²) in [5.74, 6) is -1.17. The second-order valence-electron chi connectivity index (χ2n) is 3.47. The van der Waals surface area contributed by atoms with E-state index in [1.54, 1.807) is 12.1 Å². The lowest BCUT2D eigenvalue weighted by molar-refractivity contribution is -0.123. The van der Waals surface area contributed by atoms with Gasteiger partial charge in [0.2, 0.25) is 0 Å². The Morgan fingerprint density at radius 3 is 3.06 bits per heavy atom. The zero-order valence-electron chi connectivity index (χ0n) is 8.77. The molecule has 1 unspecified atom stereocenters. The summed E-state index contributed by atoms with van der Waals surface area (Å²) in [6.45, 7) is -0.159. The van der Waals surface area contributed by atoms with Gasteiger partial charge in [-0.3, -0.25) is 9.78 Å². The molecule has 0 aliphatic rings. The van der Waals surface area contributed by atoms with Gasteiger partial charge in [0.05, 0.1) is 5.52 Å². The minimum atomic E-state index is -1.26. The number of hydrogen-bond donors (Lipinski definition) is 4. The first-order valence-electron chi connectivity index (χ1n) is 4.92. The third-order valence-electron chi connectivity index (χ3n) is 2.21. The van der Waals surface area contributed by atoms with Gasteiger partial charge in [0.25, 0.3) is 5.91 Å². The van der Waals surface area contributed by atoms with Crippen LogP contribution < -0.4 is 16.8 Å². The number of aliphatic hydroxyl groups is 1. The molecule has 0 bridgehead atoms. The zero-order valence-corrected chi connectivity index (χ0v) is 8.77. The van der Waals surface area contributed by atoms with Crippen molar-refractivity contribution in [3.05, 3.63) is 28.7 Å². The van der Waals surface area contributed by atoms with Crippen molar-refractivity contribution in [2.24, 2.45) is 5.73 Å². The number of carbonyl (C=O) groups excluding carboxylic acids is 1. The molecule has 17 heavy (non-hydrogen) atoms. The largest absolute Gasteiger partial charge is 0.417 e. The molecule has 1 amide bonds. The van der Waals surface area contributed by atoms with E-state index in [0.29, 0.717) is 16.8 Å². The van der Waals surface area contributed by atoms with Gasteiger partial charge in [-0.2, -0.15) is 0 Å². The van der Waals surface area contributed by atoms with Crippen molar-refractivity contribution < 1.29 is 14.3 Å². The smallest absolute Gasteiger partial charge is 0.408 e. The summed E-state index contributed by atoms with van der Waals surface area (Å²) in [7, 11) is 0. The Hall–Kier alpha value is -2.12. The topological polar surface area (TPSA) is 121 Å². The van der Waals surface area contributed by atoms with E-state index in [1.165, 1.54) is 6.07 Å². The van der Waals surface area contributed by atoms with Crippen molar-refractivity contribution in [1.82, 2.24) is 4.98 Å². The van der Waals surface area contributed by atoms with Crippen LogP contribution in [0, 0.1) is 0 Å². The van der Waals surface area contributed by atoms with Crippen LogP contribution in [0.3, 0.4) is 0 Å². The Kier molecular flexibility index (Phi) is 2.94. The molecule has 2 rings (SSSR count). The summed E-state index contributed by atoms with van der Waals surface area (Å²) >= 11 is 0. The second kappa shape index (κ2) is 4.40. The summed E-state index contributed by atoms with van der Waals surface area (Å²) in [6, 6.07) is 4.65. The molecule has 1 aromatic heterocycles. The highest BCUT2D eigenvalue weighted by molar-refractivity contribution is 5.95. The van der Waals surface area contributed by atoms with Crippen LogP contribution >= 0.6 is 0 Å². The molecule has 7 heteroatoms. The highest BCUT2D eigenvalue weighted by Gasteiger charge is 2.13.